The average Bonchev–Trinajstić information content (AvgIpc) is 2.96. The van der Waals surface area contributed by atoms with Crippen molar-refractivity contribution < 1.29 is 14.7 Å². The smallest absolute Gasteiger partial charge is 0.303 e. The zero-order valence-electron chi connectivity index (χ0n) is 11.2. The number of carbonyl (C=O) groups is 2. The van der Waals surface area contributed by atoms with Gasteiger partial charge in [0, 0.05) is 25.6 Å². The summed E-state index contributed by atoms with van der Waals surface area (Å²) in [7, 11) is 0. The number of rotatable bonds is 5. The summed E-state index contributed by atoms with van der Waals surface area (Å²) in [5, 5.41) is 16.7. The molecule has 2 fully saturated rings. The van der Waals surface area contributed by atoms with Gasteiger partial charge < -0.3 is 10.0 Å². The lowest BCUT2D eigenvalue weighted by Crippen LogP contribution is -2.42. The van der Waals surface area contributed by atoms with Gasteiger partial charge in [-0.15, -0.1) is 5.10 Å². The second kappa shape index (κ2) is 5.22. The predicted molar refractivity (Wildman–Crippen MR) is 68.8 cm³/mol. The van der Waals surface area contributed by atoms with Crippen LogP contribution >= 0.6 is 0 Å². The highest BCUT2D eigenvalue weighted by Crippen LogP contribution is 2.32. The van der Waals surface area contributed by atoms with E-state index in [4.69, 9.17) is 5.11 Å². The van der Waals surface area contributed by atoms with Gasteiger partial charge in [-0.25, -0.2) is 0 Å². The Hall–Kier alpha value is -1.92. The Balaban J connectivity index is 1.60. The molecule has 1 N–H and O–H groups in total. The number of hydrogen-bond acceptors (Lipinski definition) is 4. The van der Waals surface area contributed by atoms with Crippen LogP contribution in [0.3, 0.4) is 0 Å². The van der Waals surface area contributed by atoms with E-state index < -0.39 is 5.97 Å². The van der Waals surface area contributed by atoms with Crippen LogP contribution < -0.4 is 0 Å². The van der Waals surface area contributed by atoms with E-state index in [0.717, 1.165) is 19.4 Å². The van der Waals surface area contributed by atoms with Crippen molar-refractivity contribution in [2.45, 2.75) is 44.7 Å². The number of aromatic nitrogens is 3. The number of piperidine rings is 1. The Kier molecular flexibility index (Phi) is 3.42. The molecular weight excluding hydrogens is 260 g/mol. The first-order chi connectivity index (χ1) is 9.61. The molecule has 1 aromatic rings. The third kappa shape index (κ3) is 2.66. The molecule has 20 heavy (non-hydrogen) atoms. The van der Waals surface area contributed by atoms with Gasteiger partial charge in [0.1, 0.15) is 0 Å². The number of carboxylic acid groups (broad SMARTS) is 1. The van der Waals surface area contributed by atoms with Crippen LogP contribution in [-0.4, -0.2) is 49.5 Å². The summed E-state index contributed by atoms with van der Waals surface area (Å²) >= 11 is 0. The number of carboxylic acids is 1. The molecule has 0 radical (unpaired) electrons. The van der Waals surface area contributed by atoms with Crippen molar-refractivity contribution >= 4 is 11.9 Å². The molecule has 1 aromatic heterocycles. The van der Waals surface area contributed by atoms with Gasteiger partial charge >= 0.3 is 5.97 Å². The van der Waals surface area contributed by atoms with Crippen molar-refractivity contribution in [1.82, 2.24) is 19.9 Å². The van der Waals surface area contributed by atoms with Crippen LogP contribution in [-0.2, 0) is 22.6 Å². The molecule has 1 amide bonds. The quantitative estimate of drug-likeness (QED) is 0.837. The van der Waals surface area contributed by atoms with E-state index in [9.17, 15) is 9.59 Å². The summed E-state index contributed by atoms with van der Waals surface area (Å²) in [5.74, 6) is -0.0372. The summed E-state index contributed by atoms with van der Waals surface area (Å²) < 4.78 is 1.73. The topological polar surface area (TPSA) is 88.3 Å². The Morgan fingerprint density at radius 2 is 2.30 bits per heavy atom. The van der Waals surface area contributed by atoms with Gasteiger partial charge in [-0.2, -0.15) is 0 Å². The Morgan fingerprint density at radius 3 is 3.10 bits per heavy atom. The van der Waals surface area contributed by atoms with Crippen molar-refractivity contribution in [3.05, 3.63) is 11.9 Å². The normalized spacial score (nSPS) is 25.2. The minimum atomic E-state index is -0.833. The van der Waals surface area contributed by atoms with Gasteiger partial charge in [0.05, 0.1) is 24.7 Å². The van der Waals surface area contributed by atoms with Crippen LogP contribution in [0.2, 0.25) is 0 Å². The SMILES string of the molecule is O=C(O)CCc1cn(C[C@@H]2CC[C@H]3CC(=O)N2C3)nn1. The molecule has 0 aliphatic carbocycles. The summed E-state index contributed by atoms with van der Waals surface area (Å²) in [5.41, 5.74) is 0.689. The zero-order chi connectivity index (χ0) is 14.1. The van der Waals surface area contributed by atoms with E-state index >= 15 is 0 Å². The molecule has 3 heterocycles. The van der Waals surface area contributed by atoms with Gasteiger partial charge in [-0.3, -0.25) is 14.3 Å². The molecule has 0 spiro atoms. The maximum atomic E-state index is 11.9. The molecule has 0 unspecified atom stereocenters. The van der Waals surface area contributed by atoms with Crippen molar-refractivity contribution in [2.24, 2.45) is 5.92 Å². The zero-order valence-corrected chi connectivity index (χ0v) is 11.2. The van der Waals surface area contributed by atoms with Crippen LogP contribution in [0.4, 0.5) is 0 Å². The van der Waals surface area contributed by atoms with Gasteiger partial charge in [0.2, 0.25) is 5.91 Å². The first-order valence-corrected chi connectivity index (χ1v) is 7.02. The van der Waals surface area contributed by atoms with Crippen LogP contribution in [0.1, 0.15) is 31.4 Å². The van der Waals surface area contributed by atoms with Crippen LogP contribution in [0.15, 0.2) is 6.20 Å². The fraction of sp³-hybridized carbons (Fsp3) is 0.692. The molecule has 0 aromatic carbocycles. The maximum absolute atomic E-state index is 11.9. The Morgan fingerprint density at radius 1 is 1.45 bits per heavy atom. The molecule has 2 saturated heterocycles. The maximum Gasteiger partial charge on any atom is 0.303 e. The largest absolute Gasteiger partial charge is 0.481 e. The van der Waals surface area contributed by atoms with Crippen LogP contribution in [0.25, 0.3) is 0 Å². The fourth-order valence-electron chi connectivity index (χ4n) is 3.12. The highest BCUT2D eigenvalue weighted by atomic mass is 16.4. The Labute approximate surface area is 116 Å². The van der Waals surface area contributed by atoms with Gasteiger partial charge in [0.25, 0.3) is 0 Å². The van der Waals surface area contributed by atoms with Crippen LogP contribution in [0, 0.1) is 5.92 Å². The number of amides is 1. The van der Waals surface area contributed by atoms with Crippen molar-refractivity contribution in [3.8, 4) is 0 Å². The van der Waals surface area contributed by atoms with Crippen molar-refractivity contribution in [3.63, 3.8) is 0 Å². The molecule has 108 valence electrons. The summed E-state index contributed by atoms with van der Waals surface area (Å²) in [6.45, 7) is 1.53. The van der Waals surface area contributed by atoms with E-state index in [1.807, 2.05) is 4.90 Å². The summed E-state index contributed by atoms with van der Waals surface area (Å²) in [6.07, 6.45) is 5.06. The highest BCUT2D eigenvalue weighted by Gasteiger charge is 2.38. The van der Waals surface area contributed by atoms with E-state index in [-0.39, 0.29) is 18.4 Å². The molecule has 7 nitrogen and oxygen atoms in total. The lowest BCUT2D eigenvalue weighted by molar-refractivity contribution is -0.137. The lowest BCUT2D eigenvalue weighted by atomic mass is 9.96. The number of nitrogens with zero attached hydrogens (tertiary/aromatic N) is 4. The van der Waals surface area contributed by atoms with E-state index in [0.29, 0.717) is 31.0 Å². The molecule has 2 aliphatic heterocycles. The molecule has 7 heteroatoms. The minimum absolute atomic E-state index is 0.0639. The fourth-order valence-corrected chi connectivity index (χ4v) is 3.12. The van der Waals surface area contributed by atoms with Crippen molar-refractivity contribution in [2.75, 3.05) is 6.54 Å². The number of carbonyl (C=O) groups excluding carboxylic acids is 1. The number of hydrogen-bond donors (Lipinski definition) is 1. The Bertz CT molecular complexity index is 527. The van der Waals surface area contributed by atoms with Crippen LogP contribution in [0.5, 0.6) is 0 Å². The van der Waals surface area contributed by atoms with Gasteiger partial charge in [0.15, 0.2) is 0 Å². The molecule has 2 atom stereocenters. The second-order valence-corrected chi connectivity index (χ2v) is 5.67. The highest BCUT2D eigenvalue weighted by molar-refractivity contribution is 5.79. The third-order valence-corrected chi connectivity index (χ3v) is 4.17. The van der Waals surface area contributed by atoms with E-state index in [1.54, 1.807) is 10.9 Å². The van der Waals surface area contributed by atoms with Crippen molar-refractivity contribution in [1.29, 1.82) is 0 Å². The van der Waals surface area contributed by atoms with E-state index in [1.165, 1.54) is 0 Å². The molecular formula is C13H18N4O3. The first-order valence-electron chi connectivity index (χ1n) is 7.02. The molecule has 0 saturated carbocycles. The minimum Gasteiger partial charge on any atom is -0.481 e. The molecule has 2 aliphatic rings. The second-order valence-electron chi connectivity index (χ2n) is 5.67. The first kappa shape index (κ1) is 13.1. The van der Waals surface area contributed by atoms with E-state index in [2.05, 4.69) is 10.3 Å². The average molecular weight is 278 g/mol. The number of aryl methyl sites for hydroxylation is 1. The lowest BCUT2D eigenvalue weighted by Gasteiger charge is -2.32. The third-order valence-electron chi connectivity index (χ3n) is 4.17. The monoisotopic (exact) mass is 278 g/mol. The number of aliphatic carboxylic acids is 1. The van der Waals surface area contributed by atoms with Gasteiger partial charge in [-0.1, -0.05) is 5.21 Å². The standard InChI is InChI=1S/C13H18N4O3/c18-12-5-9-1-3-11(17(12)6-9)8-16-7-10(14-15-16)2-4-13(19)20/h7,9,11H,1-6,8H2,(H,19,20)/t9-,11-/m0/s1. The number of fused-ring (bicyclic) bond motifs is 2. The summed E-state index contributed by atoms with van der Waals surface area (Å²) in [6, 6.07) is 0.204. The molecule has 2 bridgehead atoms. The predicted octanol–water partition coefficient (Wildman–Crippen LogP) is 0.306. The van der Waals surface area contributed by atoms with Gasteiger partial charge in [-0.05, 0) is 18.8 Å². The summed E-state index contributed by atoms with van der Waals surface area (Å²) in [4.78, 5) is 24.3. The molecule has 3 rings (SSSR count).